The molecular formula is C13H8Cl2N4O2. The highest BCUT2D eigenvalue weighted by molar-refractivity contribution is 6.35. The van der Waals surface area contributed by atoms with Gasteiger partial charge in [-0.25, -0.2) is 9.78 Å². The molecule has 1 amide bonds. The standard InChI is InChI=1S/C13H8Cl2N4O2/c14-7-2-4-10(15)19-11(7)12(20)16-6-1-3-8-9(5-6)18-13(21)17-8/h1-5H,(H,16,20)(H2,17,18,21). The van der Waals surface area contributed by atoms with Gasteiger partial charge < -0.3 is 15.3 Å². The van der Waals surface area contributed by atoms with E-state index in [0.717, 1.165) is 0 Å². The number of carbonyl (C=O) groups excluding carboxylic acids is 1. The van der Waals surface area contributed by atoms with Crippen LogP contribution in [0.2, 0.25) is 10.2 Å². The van der Waals surface area contributed by atoms with Crippen LogP contribution in [0.4, 0.5) is 5.69 Å². The maximum atomic E-state index is 12.1. The average molecular weight is 323 g/mol. The van der Waals surface area contributed by atoms with E-state index in [1.54, 1.807) is 18.2 Å². The molecule has 1 aromatic carbocycles. The molecule has 0 spiro atoms. The quantitative estimate of drug-likeness (QED) is 0.633. The minimum absolute atomic E-state index is 0.0341. The lowest BCUT2D eigenvalue weighted by molar-refractivity contribution is 0.102. The summed E-state index contributed by atoms with van der Waals surface area (Å²) >= 11 is 11.7. The largest absolute Gasteiger partial charge is 0.323 e. The van der Waals surface area contributed by atoms with Crippen molar-refractivity contribution in [1.29, 1.82) is 0 Å². The maximum Gasteiger partial charge on any atom is 0.323 e. The second kappa shape index (κ2) is 5.23. The molecule has 3 rings (SSSR count). The third kappa shape index (κ3) is 2.76. The Kier molecular flexibility index (Phi) is 3.40. The Labute approximate surface area is 128 Å². The number of hydrogen-bond acceptors (Lipinski definition) is 3. The first-order valence-electron chi connectivity index (χ1n) is 5.88. The van der Waals surface area contributed by atoms with E-state index >= 15 is 0 Å². The normalized spacial score (nSPS) is 10.8. The van der Waals surface area contributed by atoms with E-state index in [1.165, 1.54) is 12.1 Å². The number of nitrogens with one attached hydrogen (secondary N) is 3. The summed E-state index contributed by atoms with van der Waals surface area (Å²) in [6, 6.07) is 7.96. The average Bonchev–Trinajstić information content (AvgIpc) is 2.80. The van der Waals surface area contributed by atoms with Gasteiger partial charge in [-0.15, -0.1) is 0 Å². The predicted molar refractivity (Wildman–Crippen MR) is 81.1 cm³/mol. The first-order chi connectivity index (χ1) is 10.0. The molecule has 0 aliphatic heterocycles. The van der Waals surface area contributed by atoms with Gasteiger partial charge in [0.1, 0.15) is 10.8 Å². The monoisotopic (exact) mass is 322 g/mol. The van der Waals surface area contributed by atoms with Gasteiger partial charge in [0.25, 0.3) is 5.91 Å². The fraction of sp³-hybridized carbons (Fsp3) is 0. The number of rotatable bonds is 2. The third-order valence-electron chi connectivity index (χ3n) is 2.80. The molecule has 2 heterocycles. The number of aromatic nitrogens is 3. The number of pyridine rings is 1. The molecule has 0 saturated carbocycles. The van der Waals surface area contributed by atoms with Crippen molar-refractivity contribution >= 4 is 45.8 Å². The number of amides is 1. The lowest BCUT2D eigenvalue weighted by Gasteiger charge is -2.06. The van der Waals surface area contributed by atoms with Crippen molar-refractivity contribution < 1.29 is 4.79 Å². The van der Waals surface area contributed by atoms with E-state index in [9.17, 15) is 9.59 Å². The smallest absolute Gasteiger partial charge is 0.321 e. The van der Waals surface area contributed by atoms with Crippen LogP contribution in [0.25, 0.3) is 11.0 Å². The zero-order chi connectivity index (χ0) is 15.0. The van der Waals surface area contributed by atoms with Crippen molar-refractivity contribution in [3.63, 3.8) is 0 Å². The number of benzene rings is 1. The fourth-order valence-electron chi connectivity index (χ4n) is 1.88. The van der Waals surface area contributed by atoms with Crippen LogP contribution in [0.15, 0.2) is 35.1 Å². The van der Waals surface area contributed by atoms with Crippen LogP contribution in [-0.2, 0) is 0 Å². The number of anilines is 1. The number of hydrogen-bond donors (Lipinski definition) is 3. The molecule has 106 valence electrons. The Morgan fingerprint density at radius 3 is 2.67 bits per heavy atom. The van der Waals surface area contributed by atoms with Gasteiger partial charge in [0.15, 0.2) is 0 Å². The predicted octanol–water partition coefficient (Wildman–Crippen LogP) is 2.81. The molecule has 6 nitrogen and oxygen atoms in total. The number of aromatic amines is 2. The first kappa shape index (κ1) is 13.7. The lowest BCUT2D eigenvalue weighted by atomic mass is 10.2. The van der Waals surface area contributed by atoms with Gasteiger partial charge in [-0.2, -0.15) is 0 Å². The molecule has 0 radical (unpaired) electrons. The topological polar surface area (TPSA) is 90.6 Å². The molecule has 8 heteroatoms. The zero-order valence-electron chi connectivity index (χ0n) is 10.4. The SMILES string of the molecule is O=C(Nc1ccc2[nH]c(=O)[nH]c2c1)c1nc(Cl)ccc1Cl. The second-order valence-corrected chi connectivity index (χ2v) is 5.05. The highest BCUT2D eigenvalue weighted by Crippen LogP contribution is 2.19. The van der Waals surface area contributed by atoms with E-state index in [1.807, 2.05) is 0 Å². The van der Waals surface area contributed by atoms with E-state index in [-0.39, 0.29) is 21.6 Å². The van der Waals surface area contributed by atoms with Crippen molar-refractivity contribution in [1.82, 2.24) is 15.0 Å². The van der Waals surface area contributed by atoms with Gasteiger partial charge in [-0.1, -0.05) is 23.2 Å². The summed E-state index contributed by atoms with van der Waals surface area (Å²) in [6.45, 7) is 0. The van der Waals surface area contributed by atoms with Crippen LogP contribution in [0.3, 0.4) is 0 Å². The molecule has 0 atom stereocenters. The van der Waals surface area contributed by atoms with Crippen molar-refractivity contribution in [3.8, 4) is 0 Å². The van der Waals surface area contributed by atoms with Gasteiger partial charge in [0.05, 0.1) is 16.1 Å². The van der Waals surface area contributed by atoms with Crippen molar-refractivity contribution in [2.24, 2.45) is 0 Å². The molecule has 0 aliphatic carbocycles. The summed E-state index contributed by atoms with van der Waals surface area (Å²) in [5.41, 5.74) is 1.46. The summed E-state index contributed by atoms with van der Waals surface area (Å²) in [5, 5.41) is 3.02. The number of carbonyl (C=O) groups is 1. The van der Waals surface area contributed by atoms with Crippen LogP contribution in [0.1, 0.15) is 10.5 Å². The second-order valence-electron chi connectivity index (χ2n) is 4.26. The molecule has 21 heavy (non-hydrogen) atoms. The number of nitrogens with zero attached hydrogens (tertiary/aromatic N) is 1. The van der Waals surface area contributed by atoms with Crippen LogP contribution in [-0.4, -0.2) is 20.9 Å². The van der Waals surface area contributed by atoms with Crippen molar-refractivity contribution in [3.05, 3.63) is 56.7 Å². The number of fused-ring (bicyclic) bond motifs is 1. The van der Waals surface area contributed by atoms with E-state index in [0.29, 0.717) is 16.7 Å². The summed E-state index contributed by atoms with van der Waals surface area (Å²) in [5.74, 6) is -0.486. The highest BCUT2D eigenvalue weighted by Gasteiger charge is 2.13. The number of imidazole rings is 1. The third-order valence-corrected chi connectivity index (χ3v) is 3.32. The molecule has 0 bridgehead atoms. The molecule has 2 aromatic heterocycles. The Bertz CT molecular complexity index is 901. The molecule has 3 aromatic rings. The van der Waals surface area contributed by atoms with Gasteiger partial charge in [0.2, 0.25) is 0 Å². The molecule has 0 saturated heterocycles. The lowest BCUT2D eigenvalue weighted by Crippen LogP contribution is -2.14. The Morgan fingerprint density at radius 2 is 1.86 bits per heavy atom. The Balaban J connectivity index is 1.92. The van der Waals surface area contributed by atoms with E-state index in [2.05, 4.69) is 20.3 Å². The summed E-state index contributed by atoms with van der Waals surface area (Å²) < 4.78 is 0. The van der Waals surface area contributed by atoms with Crippen molar-refractivity contribution in [2.45, 2.75) is 0 Å². The summed E-state index contributed by atoms with van der Waals surface area (Å²) in [4.78, 5) is 32.4. The highest BCUT2D eigenvalue weighted by atomic mass is 35.5. The van der Waals surface area contributed by atoms with Crippen LogP contribution < -0.4 is 11.0 Å². The molecule has 0 aliphatic rings. The van der Waals surface area contributed by atoms with Crippen LogP contribution in [0.5, 0.6) is 0 Å². The van der Waals surface area contributed by atoms with Crippen LogP contribution in [0, 0.1) is 0 Å². The summed E-state index contributed by atoms with van der Waals surface area (Å²) in [6.07, 6.45) is 0. The molecule has 0 unspecified atom stereocenters. The van der Waals surface area contributed by atoms with Crippen molar-refractivity contribution in [2.75, 3.05) is 5.32 Å². The van der Waals surface area contributed by atoms with E-state index < -0.39 is 5.91 Å². The minimum Gasteiger partial charge on any atom is -0.321 e. The zero-order valence-corrected chi connectivity index (χ0v) is 11.9. The Hall–Kier alpha value is -2.31. The first-order valence-corrected chi connectivity index (χ1v) is 6.64. The Morgan fingerprint density at radius 1 is 1.10 bits per heavy atom. The number of halogens is 2. The number of H-pyrrole nitrogens is 2. The fourth-order valence-corrected chi connectivity index (χ4v) is 2.22. The minimum atomic E-state index is -0.486. The van der Waals surface area contributed by atoms with Gasteiger partial charge >= 0.3 is 5.69 Å². The van der Waals surface area contributed by atoms with E-state index in [4.69, 9.17) is 23.2 Å². The molecular weight excluding hydrogens is 315 g/mol. The molecule has 0 fully saturated rings. The molecule has 3 N–H and O–H groups in total. The van der Waals surface area contributed by atoms with Gasteiger partial charge in [-0.3, -0.25) is 4.79 Å². The van der Waals surface area contributed by atoms with Crippen LogP contribution >= 0.6 is 23.2 Å². The van der Waals surface area contributed by atoms with Gasteiger partial charge in [-0.05, 0) is 30.3 Å². The van der Waals surface area contributed by atoms with Gasteiger partial charge in [0, 0.05) is 5.69 Å². The summed E-state index contributed by atoms with van der Waals surface area (Å²) in [7, 11) is 0. The maximum absolute atomic E-state index is 12.1.